The molecule has 30 heavy (non-hydrogen) atoms. The molecule has 0 aliphatic heterocycles. The Bertz CT molecular complexity index is 700. The van der Waals surface area contributed by atoms with E-state index in [1.807, 2.05) is 38.3 Å². The summed E-state index contributed by atoms with van der Waals surface area (Å²) in [5.41, 5.74) is -0.535. The van der Waals surface area contributed by atoms with Crippen LogP contribution in [0, 0.1) is 5.92 Å². The molecule has 1 fully saturated rings. The lowest BCUT2D eigenvalue weighted by molar-refractivity contribution is -0.127. The van der Waals surface area contributed by atoms with Crippen LogP contribution in [0.15, 0.2) is 22.5 Å². The van der Waals surface area contributed by atoms with Crippen molar-refractivity contribution in [2.75, 3.05) is 27.2 Å². The van der Waals surface area contributed by atoms with Crippen LogP contribution in [0.4, 0.5) is 4.79 Å². The average molecular weight is 551 g/mol. The molecule has 8 nitrogen and oxygen atoms in total. The molecule has 170 valence electrons. The number of alkyl carbamates (subject to hydrolysis) is 1. The van der Waals surface area contributed by atoms with Gasteiger partial charge in [0.05, 0.1) is 12.6 Å². The van der Waals surface area contributed by atoms with Crippen molar-refractivity contribution in [2.45, 2.75) is 51.8 Å². The zero-order chi connectivity index (χ0) is 21.4. The third kappa shape index (κ3) is 10.5. The van der Waals surface area contributed by atoms with Crippen molar-refractivity contribution >= 4 is 53.3 Å². The minimum Gasteiger partial charge on any atom is -0.444 e. The minimum atomic E-state index is -0.535. The Kier molecular flexibility index (Phi) is 10.9. The number of carbonyl (C=O) groups excluding carboxylic acids is 2. The minimum absolute atomic E-state index is 0. The highest BCUT2D eigenvalue weighted by Crippen LogP contribution is 2.32. The Balaban J connectivity index is 0.00000450. The van der Waals surface area contributed by atoms with Crippen LogP contribution in [0.1, 0.15) is 38.5 Å². The van der Waals surface area contributed by atoms with Gasteiger partial charge in [0.25, 0.3) is 0 Å². The molecule has 2 rings (SSSR count). The van der Waals surface area contributed by atoms with Gasteiger partial charge in [0.2, 0.25) is 5.91 Å². The second-order valence-corrected chi connectivity index (χ2v) is 9.39. The highest BCUT2D eigenvalue weighted by atomic mass is 127. The van der Waals surface area contributed by atoms with Crippen LogP contribution in [0.2, 0.25) is 0 Å². The van der Waals surface area contributed by atoms with Crippen molar-refractivity contribution in [1.29, 1.82) is 0 Å². The van der Waals surface area contributed by atoms with Gasteiger partial charge in [-0.05, 0) is 51.0 Å². The molecule has 1 aliphatic rings. The summed E-state index contributed by atoms with van der Waals surface area (Å²) in [6, 6.07) is 3.98. The van der Waals surface area contributed by atoms with Crippen LogP contribution in [0.5, 0.6) is 0 Å². The number of carbonyl (C=O) groups is 2. The summed E-state index contributed by atoms with van der Waals surface area (Å²) in [6.45, 7) is 6.72. The van der Waals surface area contributed by atoms with E-state index in [0.717, 1.165) is 12.8 Å². The molecule has 2 amide bonds. The van der Waals surface area contributed by atoms with Crippen molar-refractivity contribution in [2.24, 2.45) is 10.9 Å². The third-order valence-electron chi connectivity index (χ3n) is 4.26. The predicted molar refractivity (Wildman–Crippen MR) is 131 cm³/mol. The summed E-state index contributed by atoms with van der Waals surface area (Å²) >= 11 is 1.65. The van der Waals surface area contributed by atoms with E-state index in [1.54, 1.807) is 25.4 Å². The Morgan fingerprint density at radius 3 is 2.53 bits per heavy atom. The maximum atomic E-state index is 12.2. The average Bonchev–Trinajstić information content (AvgIpc) is 3.33. The predicted octanol–water partition coefficient (Wildman–Crippen LogP) is 2.79. The Labute approximate surface area is 200 Å². The van der Waals surface area contributed by atoms with Crippen molar-refractivity contribution in [3.05, 3.63) is 22.4 Å². The summed E-state index contributed by atoms with van der Waals surface area (Å²) in [5, 5.41) is 11.5. The van der Waals surface area contributed by atoms with Gasteiger partial charge in [-0.1, -0.05) is 6.07 Å². The van der Waals surface area contributed by atoms with Gasteiger partial charge in [0.1, 0.15) is 12.1 Å². The van der Waals surface area contributed by atoms with E-state index >= 15 is 0 Å². The smallest absolute Gasteiger partial charge is 0.407 e. The van der Waals surface area contributed by atoms with Crippen LogP contribution < -0.4 is 16.0 Å². The number of nitrogens with zero attached hydrogens (tertiary/aromatic N) is 2. The number of ether oxygens (including phenoxy) is 1. The number of nitrogens with one attached hydrogen (secondary N) is 3. The fourth-order valence-corrected chi connectivity index (χ4v) is 3.19. The van der Waals surface area contributed by atoms with Crippen LogP contribution in [0.3, 0.4) is 0 Å². The second kappa shape index (κ2) is 12.3. The van der Waals surface area contributed by atoms with Gasteiger partial charge in [-0.3, -0.25) is 4.79 Å². The number of rotatable bonds is 8. The molecule has 0 spiro atoms. The van der Waals surface area contributed by atoms with E-state index in [1.165, 1.54) is 9.78 Å². The maximum Gasteiger partial charge on any atom is 0.407 e. The van der Waals surface area contributed by atoms with E-state index in [4.69, 9.17) is 4.74 Å². The number of halogens is 1. The SMILES string of the molecule is CN(C)C(=O)CN=C(NCc1cccs1)NCC(NC(=O)OC(C)(C)C)C1CC1.I. The van der Waals surface area contributed by atoms with Gasteiger partial charge in [0.15, 0.2) is 5.96 Å². The molecule has 1 aromatic heterocycles. The molecule has 3 N–H and O–H groups in total. The van der Waals surface area contributed by atoms with Crippen molar-refractivity contribution in [3.8, 4) is 0 Å². The Morgan fingerprint density at radius 2 is 2.00 bits per heavy atom. The number of guanidine groups is 1. The van der Waals surface area contributed by atoms with Crippen LogP contribution in [-0.4, -0.2) is 61.7 Å². The molecule has 1 saturated carbocycles. The van der Waals surface area contributed by atoms with Gasteiger partial charge < -0.3 is 25.6 Å². The molecule has 0 bridgehead atoms. The first-order chi connectivity index (χ1) is 13.6. The standard InChI is InChI=1S/C20H33N5O3S.HI/c1-20(2,3)28-19(27)24-16(14-8-9-14)12-22-18(23-13-17(26)25(4)5)21-11-15-7-6-10-29-15;/h6-7,10,14,16H,8-9,11-13H2,1-5H3,(H,24,27)(H2,21,22,23);1H. The summed E-state index contributed by atoms with van der Waals surface area (Å²) in [5.74, 6) is 0.898. The number of thiophene rings is 1. The lowest BCUT2D eigenvalue weighted by atomic mass is 10.2. The highest BCUT2D eigenvalue weighted by molar-refractivity contribution is 14.0. The molecule has 1 aliphatic carbocycles. The molecule has 1 heterocycles. The van der Waals surface area contributed by atoms with Gasteiger partial charge in [-0.15, -0.1) is 35.3 Å². The van der Waals surface area contributed by atoms with Gasteiger partial charge in [-0.2, -0.15) is 0 Å². The zero-order valence-electron chi connectivity index (χ0n) is 18.4. The first-order valence-electron chi connectivity index (χ1n) is 9.88. The monoisotopic (exact) mass is 551 g/mol. The van der Waals surface area contributed by atoms with Crippen LogP contribution >= 0.6 is 35.3 Å². The van der Waals surface area contributed by atoms with E-state index in [-0.39, 0.29) is 42.5 Å². The van der Waals surface area contributed by atoms with E-state index in [9.17, 15) is 9.59 Å². The van der Waals surface area contributed by atoms with E-state index in [2.05, 4.69) is 20.9 Å². The molecule has 0 aromatic carbocycles. The molecular weight excluding hydrogens is 517 g/mol. The largest absolute Gasteiger partial charge is 0.444 e. The molecule has 10 heteroatoms. The van der Waals surface area contributed by atoms with Crippen molar-refractivity contribution in [3.63, 3.8) is 0 Å². The maximum absolute atomic E-state index is 12.2. The quantitative estimate of drug-likeness (QED) is 0.263. The van der Waals surface area contributed by atoms with Gasteiger partial charge in [0, 0.05) is 25.5 Å². The summed E-state index contributed by atoms with van der Waals surface area (Å²) in [6.07, 6.45) is 1.75. The number of hydrogen-bond donors (Lipinski definition) is 3. The molecule has 0 saturated heterocycles. The normalized spacial score (nSPS) is 14.9. The van der Waals surface area contributed by atoms with E-state index < -0.39 is 11.7 Å². The summed E-state index contributed by atoms with van der Waals surface area (Å²) in [4.78, 5) is 31.1. The fraction of sp³-hybridized carbons (Fsp3) is 0.650. The first-order valence-corrected chi connectivity index (χ1v) is 10.8. The Morgan fingerprint density at radius 1 is 1.30 bits per heavy atom. The lowest BCUT2D eigenvalue weighted by Crippen LogP contribution is -2.49. The fourth-order valence-electron chi connectivity index (χ4n) is 2.55. The van der Waals surface area contributed by atoms with Crippen LogP contribution in [0.25, 0.3) is 0 Å². The molecule has 1 atom stereocenters. The first kappa shape index (κ1) is 26.5. The van der Waals surface area contributed by atoms with Gasteiger partial charge >= 0.3 is 6.09 Å². The van der Waals surface area contributed by atoms with Gasteiger partial charge in [-0.25, -0.2) is 9.79 Å². The molecule has 0 radical (unpaired) electrons. The summed E-state index contributed by atoms with van der Waals surface area (Å²) < 4.78 is 5.38. The zero-order valence-corrected chi connectivity index (χ0v) is 21.5. The molecule has 1 aromatic rings. The van der Waals surface area contributed by atoms with Crippen LogP contribution in [-0.2, 0) is 16.1 Å². The summed E-state index contributed by atoms with van der Waals surface area (Å²) in [7, 11) is 3.41. The number of aliphatic imine (C=N–C) groups is 1. The molecule has 1 unspecified atom stereocenters. The lowest BCUT2D eigenvalue weighted by Gasteiger charge is -2.24. The topological polar surface area (TPSA) is 95.1 Å². The Hall–Kier alpha value is -1.56. The third-order valence-corrected chi connectivity index (χ3v) is 5.14. The molecular formula is C20H34IN5O3S. The number of amides is 2. The van der Waals surface area contributed by atoms with Crippen molar-refractivity contribution < 1.29 is 14.3 Å². The number of likely N-dealkylation sites (N-methyl/N-ethyl adjacent to an activating group) is 1. The second-order valence-electron chi connectivity index (χ2n) is 8.36. The number of hydrogen-bond acceptors (Lipinski definition) is 5. The highest BCUT2D eigenvalue weighted by Gasteiger charge is 2.33. The van der Waals surface area contributed by atoms with E-state index in [0.29, 0.717) is 25.0 Å². The van der Waals surface area contributed by atoms with Crippen molar-refractivity contribution in [1.82, 2.24) is 20.9 Å².